The van der Waals surface area contributed by atoms with Crippen LogP contribution in [0.4, 0.5) is 20.3 Å². The number of benzene rings is 2. The van der Waals surface area contributed by atoms with Gasteiger partial charge in [-0.05, 0) is 42.8 Å². The molecule has 5 nitrogen and oxygen atoms in total. The summed E-state index contributed by atoms with van der Waals surface area (Å²) in [6.07, 6.45) is -0.821. The second kappa shape index (κ2) is 8.06. The zero-order valence-corrected chi connectivity index (χ0v) is 15.5. The summed E-state index contributed by atoms with van der Waals surface area (Å²) < 4.78 is 37.8. The zero-order chi connectivity index (χ0) is 19.5. The maximum absolute atomic E-state index is 13.2. The van der Waals surface area contributed by atoms with Crippen LogP contribution < -0.4 is 10.1 Å². The zero-order valence-electron chi connectivity index (χ0n) is 15.5. The van der Waals surface area contributed by atoms with Gasteiger partial charge in [-0.3, -0.25) is 0 Å². The summed E-state index contributed by atoms with van der Waals surface area (Å²) in [7, 11) is 0. The lowest BCUT2D eigenvalue weighted by Crippen LogP contribution is -2.26. The lowest BCUT2D eigenvalue weighted by molar-refractivity contribution is 0.0253. The molecule has 1 aliphatic heterocycles. The van der Waals surface area contributed by atoms with E-state index in [0.717, 1.165) is 43.1 Å². The minimum Gasteiger partial charge on any atom is -0.490 e. The molecule has 1 aromatic heterocycles. The van der Waals surface area contributed by atoms with Crippen molar-refractivity contribution in [3.63, 3.8) is 0 Å². The Hall–Kier alpha value is -2.80. The third-order valence-corrected chi connectivity index (χ3v) is 4.72. The number of nitrogens with one attached hydrogen (secondary N) is 1. The number of aryl methyl sites for hydroxylation is 1. The van der Waals surface area contributed by atoms with Crippen molar-refractivity contribution >= 4 is 22.4 Å². The molecular formula is C21H21F2N3O2. The Morgan fingerprint density at radius 3 is 2.64 bits per heavy atom. The second-order valence-electron chi connectivity index (χ2n) is 6.78. The molecule has 28 heavy (non-hydrogen) atoms. The molecule has 4 rings (SSSR count). The number of nitrogens with zero attached hydrogens (tertiary/aromatic N) is 2. The first-order valence-corrected chi connectivity index (χ1v) is 9.27. The standard InChI is InChI=1S/C21H21F2N3O2/c1-13-12-14(6-7-18(13)28-15-8-10-27-11-9-15)24-20-16-4-2-3-5-17(16)25-21(26-20)19(22)23/h2-7,12,15,19H,8-11H2,1H3,(H,24,25,26). The fourth-order valence-corrected chi connectivity index (χ4v) is 3.26. The summed E-state index contributed by atoms with van der Waals surface area (Å²) >= 11 is 0. The summed E-state index contributed by atoms with van der Waals surface area (Å²) in [6.45, 7) is 3.40. The fraction of sp³-hybridized carbons (Fsp3) is 0.333. The molecule has 0 radical (unpaired) electrons. The van der Waals surface area contributed by atoms with E-state index in [2.05, 4.69) is 15.3 Å². The largest absolute Gasteiger partial charge is 0.490 e. The predicted molar refractivity (Wildman–Crippen MR) is 103 cm³/mol. The number of para-hydroxylation sites is 1. The quantitative estimate of drug-likeness (QED) is 0.656. The van der Waals surface area contributed by atoms with Crippen LogP contribution >= 0.6 is 0 Å². The number of ether oxygens (including phenoxy) is 2. The molecule has 146 valence electrons. The molecule has 1 saturated heterocycles. The number of alkyl halides is 2. The van der Waals surface area contributed by atoms with E-state index in [-0.39, 0.29) is 6.10 Å². The van der Waals surface area contributed by atoms with Gasteiger partial charge in [0.2, 0.25) is 0 Å². The van der Waals surface area contributed by atoms with Crippen molar-refractivity contribution in [2.75, 3.05) is 18.5 Å². The van der Waals surface area contributed by atoms with E-state index in [0.29, 0.717) is 16.7 Å². The Labute approximate surface area is 161 Å². The second-order valence-corrected chi connectivity index (χ2v) is 6.78. The molecule has 0 aliphatic carbocycles. The maximum Gasteiger partial charge on any atom is 0.297 e. The average Bonchev–Trinajstić information content (AvgIpc) is 2.70. The molecule has 1 fully saturated rings. The molecule has 2 heterocycles. The van der Waals surface area contributed by atoms with Gasteiger partial charge in [0.15, 0.2) is 5.82 Å². The molecule has 3 aromatic rings. The van der Waals surface area contributed by atoms with Crippen LogP contribution in [0, 0.1) is 6.92 Å². The van der Waals surface area contributed by atoms with Gasteiger partial charge in [0.05, 0.1) is 18.7 Å². The van der Waals surface area contributed by atoms with Gasteiger partial charge in [0.1, 0.15) is 17.7 Å². The van der Waals surface area contributed by atoms with E-state index in [9.17, 15) is 8.78 Å². The predicted octanol–water partition coefficient (Wildman–Crippen LogP) is 5.18. The van der Waals surface area contributed by atoms with Crippen molar-refractivity contribution in [2.45, 2.75) is 32.3 Å². The van der Waals surface area contributed by atoms with Crippen molar-refractivity contribution in [2.24, 2.45) is 0 Å². The van der Waals surface area contributed by atoms with Crippen molar-refractivity contribution in [3.05, 3.63) is 53.9 Å². The number of hydrogen-bond donors (Lipinski definition) is 1. The van der Waals surface area contributed by atoms with Gasteiger partial charge in [-0.25, -0.2) is 18.7 Å². The minimum absolute atomic E-state index is 0.158. The number of fused-ring (bicyclic) bond motifs is 1. The molecule has 7 heteroatoms. The van der Waals surface area contributed by atoms with Gasteiger partial charge in [0.25, 0.3) is 6.43 Å². The van der Waals surface area contributed by atoms with Gasteiger partial charge in [-0.15, -0.1) is 0 Å². The summed E-state index contributed by atoms with van der Waals surface area (Å²) in [5.41, 5.74) is 2.19. The lowest BCUT2D eigenvalue weighted by atomic mass is 10.1. The molecule has 0 unspecified atom stereocenters. The average molecular weight is 385 g/mol. The number of rotatable bonds is 5. The normalized spacial score (nSPS) is 15.1. The van der Waals surface area contributed by atoms with E-state index >= 15 is 0 Å². The van der Waals surface area contributed by atoms with Gasteiger partial charge in [-0.1, -0.05) is 12.1 Å². The van der Waals surface area contributed by atoms with Crippen LogP contribution in [-0.2, 0) is 4.74 Å². The molecule has 0 saturated carbocycles. The van der Waals surface area contributed by atoms with E-state index in [4.69, 9.17) is 9.47 Å². The molecule has 0 atom stereocenters. The minimum atomic E-state index is -2.73. The number of aromatic nitrogens is 2. The number of anilines is 2. The van der Waals surface area contributed by atoms with Crippen LogP contribution in [0.3, 0.4) is 0 Å². The molecule has 0 spiro atoms. The first-order valence-electron chi connectivity index (χ1n) is 9.27. The highest BCUT2D eigenvalue weighted by Crippen LogP contribution is 2.30. The lowest BCUT2D eigenvalue weighted by Gasteiger charge is -2.24. The number of halogens is 2. The van der Waals surface area contributed by atoms with Crippen LogP contribution in [0.2, 0.25) is 0 Å². The molecule has 1 aliphatic rings. The molecular weight excluding hydrogens is 364 g/mol. The highest BCUT2D eigenvalue weighted by atomic mass is 19.3. The first kappa shape index (κ1) is 18.6. The highest BCUT2D eigenvalue weighted by molar-refractivity contribution is 5.90. The Morgan fingerprint density at radius 1 is 1.11 bits per heavy atom. The third kappa shape index (κ3) is 4.04. The van der Waals surface area contributed by atoms with Crippen molar-refractivity contribution in [1.29, 1.82) is 0 Å². The van der Waals surface area contributed by atoms with Crippen molar-refractivity contribution in [3.8, 4) is 5.75 Å². The van der Waals surface area contributed by atoms with Gasteiger partial charge in [0, 0.05) is 23.9 Å². The maximum atomic E-state index is 13.2. The molecule has 0 bridgehead atoms. The smallest absolute Gasteiger partial charge is 0.297 e. The SMILES string of the molecule is Cc1cc(Nc2nc(C(F)F)nc3ccccc23)ccc1OC1CCOCC1. The Balaban J connectivity index is 1.59. The summed E-state index contributed by atoms with van der Waals surface area (Å²) in [6, 6.07) is 12.8. The number of hydrogen-bond acceptors (Lipinski definition) is 5. The topological polar surface area (TPSA) is 56.3 Å². The summed E-state index contributed by atoms with van der Waals surface area (Å²) in [5, 5.41) is 3.84. The highest BCUT2D eigenvalue weighted by Gasteiger charge is 2.17. The van der Waals surface area contributed by atoms with Crippen molar-refractivity contribution < 1.29 is 18.3 Å². The van der Waals surface area contributed by atoms with E-state index in [1.165, 1.54) is 0 Å². The van der Waals surface area contributed by atoms with E-state index < -0.39 is 12.2 Å². The van der Waals surface area contributed by atoms with E-state index in [1.54, 1.807) is 12.1 Å². The Bertz CT molecular complexity index is 975. The summed E-state index contributed by atoms with van der Waals surface area (Å²) in [5.74, 6) is 0.689. The Morgan fingerprint density at radius 2 is 1.89 bits per heavy atom. The summed E-state index contributed by atoms with van der Waals surface area (Å²) in [4.78, 5) is 7.97. The molecule has 2 aromatic carbocycles. The van der Waals surface area contributed by atoms with Crippen LogP contribution in [-0.4, -0.2) is 29.3 Å². The third-order valence-electron chi connectivity index (χ3n) is 4.72. The van der Waals surface area contributed by atoms with Crippen LogP contribution in [0.25, 0.3) is 10.9 Å². The van der Waals surface area contributed by atoms with Crippen LogP contribution in [0.15, 0.2) is 42.5 Å². The van der Waals surface area contributed by atoms with E-state index in [1.807, 2.05) is 37.3 Å². The van der Waals surface area contributed by atoms with Crippen LogP contribution in [0.1, 0.15) is 30.7 Å². The van der Waals surface area contributed by atoms with Crippen molar-refractivity contribution in [1.82, 2.24) is 9.97 Å². The molecule has 0 amide bonds. The Kier molecular flexibility index (Phi) is 5.34. The monoisotopic (exact) mass is 385 g/mol. The van der Waals surface area contributed by atoms with Crippen LogP contribution in [0.5, 0.6) is 5.75 Å². The van der Waals surface area contributed by atoms with Gasteiger partial charge >= 0.3 is 0 Å². The van der Waals surface area contributed by atoms with Gasteiger partial charge < -0.3 is 14.8 Å². The first-order chi connectivity index (χ1) is 13.6. The van der Waals surface area contributed by atoms with Gasteiger partial charge in [-0.2, -0.15) is 0 Å². The fourth-order valence-electron chi connectivity index (χ4n) is 3.26. The molecule has 1 N–H and O–H groups in total.